The second-order valence-electron chi connectivity index (χ2n) is 4.24. The summed E-state index contributed by atoms with van der Waals surface area (Å²) in [5, 5.41) is 14.9. The summed E-state index contributed by atoms with van der Waals surface area (Å²) in [7, 11) is 0. The molecule has 18 heavy (non-hydrogen) atoms. The van der Waals surface area contributed by atoms with E-state index in [9.17, 15) is 9.90 Å². The van der Waals surface area contributed by atoms with Gasteiger partial charge in [0.25, 0.3) is 0 Å². The molecule has 3 nitrogen and oxygen atoms in total. The molecular weight excluding hydrogens is 293 g/mol. The van der Waals surface area contributed by atoms with Crippen molar-refractivity contribution in [3.8, 4) is 0 Å². The molecule has 1 heterocycles. The van der Waals surface area contributed by atoms with Crippen LogP contribution in [-0.4, -0.2) is 17.6 Å². The Bertz CT molecular complexity index is 416. The van der Waals surface area contributed by atoms with Crippen molar-refractivity contribution in [3.05, 3.63) is 20.3 Å². The van der Waals surface area contributed by atoms with E-state index in [1.807, 2.05) is 19.2 Å². The Morgan fingerprint density at radius 2 is 2.06 bits per heavy atom. The average Bonchev–Trinajstić information content (AvgIpc) is 2.66. The number of nitrogens with one attached hydrogen (secondary N) is 1. The molecule has 0 aliphatic carbocycles. The van der Waals surface area contributed by atoms with E-state index in [2.05, 4.69) is 5.32 Å². The fourth-order valence-corrected chi connectivity index (χ4v) is 3.04. The fourth-order valence-electron chi connectivity index (χ4n) is 1.79. The molecule has 1 rings (SSSR count). The molecule has 0 saturated heterocycles. The van der Waals surface area contributed by atoms with E-state index in [0.717, 1.165) is 5.56 Å². The van der Waals surface area contributed by atoms with Crippen LogP contribution in [0.5, 0.6) is 0 Å². The molecule has 6 heteroatoms. The van der Waals surface area contributed by atoms with Crippen molar-refractivity contribution in [3.63, 3.8) is 0 Å². The highest BCUT2D eigenvalue weighted by molar-refractivity contribution is 7.15. The van der Waals surface area contributed by atoms with E-state index in [-0.39, 0.29) is 0 Å². The predicted molar refractivity (Wildman–Crippen MR) is 76.7 cm³/mol. The summed E-state index contributed by atoms with van der Waals surface area (Å²) in [4.78, 5) is 11.3. The Morgan fingerprint density at radius 3 is 2.44 bits per heavy atom. The summed E-state index contributed by atoms with van der Waals surface area (Å²) >= 11 is 13.3. The molecule has 2 N–H and O–H groups in total. The minimum atomic E-state index is -0.755. The second-order valence-corrected chi connectivity index (χ2v) is 6.10. The number of carboxylic acid groups (broad SMARTS) is 1. The van der Waals surface area contributed by atoms with Gasteiger partial charge in [-0.15, -0.1) is 11.3 Å². The van der Waals surface area contributed by atoms with E-state index >= 15 is 0 Å². The van der Waals surface area contributed by atoms with Crippen molar-refractivity contribution in [1.82, 2.24) is 5.32 Å². The van der Waals surface area contributed by atoms with Gasteiger partial charge in [-0.3, -0.25) is 4.79 Å². The van der Waals surface area contributed by atoms with Gasteiger partial charge in [-0.1, -0.05) is 37.0 Å². The number of rotatable bonds is 7. The van der Waals surface area contributed by atoms with E-state index < -0.39 is 11.4 Å². The molecule has 102 valence electrons. The van der Waals surface area contributed by atoms with Gasteiger partial charge in [-0.05, 0) is 23.8 Å². The lowest BCUT2D eigenvalue weighted by atomic mass is 9.82. The molecule has 0 aliphatic rings. The normalized spacial score (nSPS) is 11.8. The molecule has 1 aromatic heterocycles. The third kappa shape index (κ3) is 3.38. The number of carboxylic acids is 1. The van der Waals surface area contributed by atoms with Gasteiger partial charge in [0, 0.05) is 13.1 Å². The third-order valence-corrected chi connectivity index (χ3v) is 5.26. The van der Waals surface area contributed by atoms with Gasteiger partial charge in [-0.2, -0.15) is 0 Å². The molecule has 0 spiro atoms. The van der Waals surface area contributed by atoms with Crippen LogP contribution in [0.3, 0.4) is 0 Å². The topological polar surface area (TPSA) is 49.3 Å². The zero-order valence-electron chi connectivity index (χ0n) is 10.4. The SMILES string of the molecule is CCC(CC)(CNCc1csc(Cl)c1Cl)C(=O)O. The second kappa shape index (κ2) is 6.75. The Hall–Kier alpha value is -0.290. The summed E-state index contributed by atoms with van der Waals surface area (Å²) in [5.74, 6) is -0.755. The molecule has 0 radical (unpaired) electrons. The zero-order chi connectivity index (χ0) is 13.8. The number of carbonyl (C=O) groups is 1. The monoisotopic (exact) mass is 309 g/mol. The summed E-state index contributed by atoms with van der Waals surface area (Å²) < 4.78 is 0.573. The molecule has 0 aromatic carbocycles. The Labute approximate surface area is 121 Å². The van der Waals surface area contributed by atoms with Crippen molar-refractivity contribution < 1.29 is 9.90 Å². The third-order valence-electron chi connectivity index (χ3n) is 3.35. The summed E-state index contributed by atoms with van der Waals surface area (Å²) in [6, 6.07) is 0. The first-order valence-corrected chi connectivity index (χ1v) is 7.46. The van der Waals surface area contributed by atoms with Crippen molar-refractivity contribution in [1.29, 1.82) is 0 Å². The lowest BCUT2D eigenvalue weighted by molar-refractivity contribution is -0.149. The molecule has 1 aromatic rings. The smallest absolute Gasteiger partial charge is 0.310 e. The van der Waals surface area contributed by atoms with Crippen LogP contribution >= 0.6 is 34.5 Å². The van der Waals surface area contributed by atoms with Crippen LogP contribution < -0.4 is 5.32 Å². The standard InChI is InChI=1S/C12H17Cl2NO2S/c1-3-12(4-2,11(16)17)7-15-5-8-6-18-10(14)9(8)13/h6,15H,3-5,7H2,1-2H3,(H,16,17). The van der Waals surface area contributed by atoms with Gasteiger partial charge in [-0.25, -0.2) is 0 Å². The van der Waals surface area contributed by atoms with Crippen LogP contribution in [0, 0.1) is 5.41 Å². The Morgan fingerprint density at radius 1 is 1.44 bits per heavy atom. The fraction of sp³-hybridized carbons (Fsp3) is 0.583. The number of hydrogen-bond donors (Lipinski definition) is 2. The van der Waals surface area contributed by atoms with Crippen LogP contribution in [0.4, 0.5) is 0 Å². The first-order chi connectivity index (χ1) is 8.46. The van der Waals surface area contributed by atoms with E-state index in [0.29, 0.717) is 35.3 Å². The van der Waals surface area contributed by atoms with E-state index in [1.165, 1.54) is 11.3 Å². The summed E-state index contributed by atoms with van der Waals surface area (Å²) in [5.41, 5.74) is 0.213. The van der Waals surface area contributed by atoms with Crippen LogP contribution in [0.25, 0.3) is 0 Å². The Kier molecular flexibility index (Phi) is 5.92. The number of thiophene rings is 1. The number of hydrogen-bond acceptors (Lipinski definition) is 3. The maximum Gasteiger partial charge on any atom is 0.310 e. The minimum Gasteiger partial charge on any atom is -0.481 e. The van der Waals surface area contributed by atoms with E-state index in [4.69, 9.17) is 23.2 Å². The summed E-state index contributed by atoms with van der Waals surface area (Å²) in [6.45, 7) is 4.76. The highest BCUT2D eigenvalue weighted by Gasteiger charge is 2.34. The van der Waals surface area contributed by atoms with Crippen LogP contribution in [0.1, 0.15) is 32.3 Å². The lowest BCUT2D eigenvalue weighted by Crippen LogP contribution is -2.39. The largest absolute Gasteiger partial charge is 0.481 e. The highest BCUT2D eigenvalue weighted by Crippen LogP contribution is 2.32. The molecule has 0 fully saturated rings. The van der Waals surface area contributed by atoms with E-state index in [1.54, 1.807) is 0 Å². The van der Waals surface area contributed by atoms with Crippen molar-refractivity contribution in [2.24, 2.45) is 5.41 Å². The molecular formula is C12H17Cl2NO2S. The van der Waals surface area contributed by atoms with Crippen molar-refractivity contribution >= 4 is 40.5 Å². The number of aliphatic carboxylic acids is 1. The maximum absolute atomic E-state index is 11.3. The molecule has 0 bridgehead atoms. The molecule has 0 aliphatic heterocycles. The van der Waals surface area contributed by atoms with Crippen LogP contribution in [-0.2, 0) is 11.3 Å². The van der Waals surface area contributed by atoms with Gasteiger partial charge in [0.05, 0.1) is 10.4 Å². The van der Waals surface area contributed by atoms with Crippen molar-refractivity contribution in [2.45, 2.75) is 33.2 Å². The quantitative estimate of drug-likeness (QED) is 0.799. The number of halogens is 2. The Balaban J connectivity index is 2.59. The highest BCUT2D eigenvalue weighted by atomic mass is 35.5. The van der Waals surface area contributed by atoms with Crippen LogP contribution in [0.15, 0.2) is 5.38 Å². The zero-order valence-corrected chi connectivity index (χ0v) is 12.8. The van der Waals surface area contributed by atoms with Gasteiger partial charge >= 0.3 is 5.97 Å². The maximum atomic E-state index is 11.3. The average molecular weight is 310 g/mol. The predicted octanol–water partition coefficient (Wildman–Crippen LogP) is 4.04. The first kappa shape index (κ1) is 15.8. The van der Waals surface area contributed by atoms with Gasteiger partial charge < -0.3 is 10.4 Å². The summed E-state index contributed by atoms with van der Waals surface area (Å²) in [6.07, 6.45) is 1.20. The van der Waals surface area contributed by atoms with Crippen molar-refractivity contribution in [2.75, 3.05) is 6.54 Å². The first-order valence-electron chi connectivity index (χ1n) is 5.82. The van der Waals surface area contributed by atoms with Crippen LogP contribution in [0.2, 0.25) is 9.36 Å². The lowest BCUT2D eigenvalue weighted by Gasteiger charge is -2.26. The van der Waals surface area contributed by atoms with Gasteiger partial charge in [0.15, 0.2) is 0 Å². The molecule has 0 unspecified atom stereocenters. The molecule has 0 saturated carbocycles. The molecule has 0 amide bonds. The minimum absolute atomic E-state index is 0.430. The van der Waals surface area contributed by atoms with Gasteiger partial charge in [0.2, 0.25) is 0 Å². The molecule has 0 atom stereocenters. The van der Waals surface area contributed by atoms with Gasteiger partial charge in [0.1, 0.15) is 4.34 Å².